The van der Waals surface area contributed by atoms with Crippen molar-refractivity contribution < 1.29 is 4.79 Å². The summed E-state index contributed by atoms with van der Waals surface area (Å²) >= 11 is 0. The summed E-state index contributed by atoms with van der Waals surface area (Å²) in [6.45, 7) is 2.74. The van der Waals surface area contributed by atoms with E-state index >= 15 is 0 Å². The maximum absolute atomic E-state index is 11.3. The molecule has 104 valence electrons. The van der Waals surface area contributed by atoms with E-state index in [2.05, 4.69) is 22.0 Å². The number of carbonyl (C=O) groups is 1. The lowest BCUT2D eigenvalue weighted by Crippen LogP contribution is -2.13. The van der Waals surface area contributed by atoms with Crippen LogP contribution in [0.15, 0.2) is 12.1 Å². The van der Waals surface area contributed by atoms with Crippen molar-refractivity contribution in [3.63, 3.8) is 0 Å². The quantitative estimate of drug-likeness (QED) is 0.844. The molecule has 2 aromatic rings. The van der Waals surface area contributed by atoms with E-state index in [1.165, 1.54) is 48.6 Å². The lowest BCUT2D eigenvalue weighted by Gasteiger charge is -2.20. The highest BCUT2D eigenvalue weighted by Gasteiger charge is 2.24. The Kier molecular flexibility index (Phi) is 2.62. The van der Waals surface area contributed by atoms with Gasteiger partial charge in [0.15, 0.2) is 0 Å². The van der Waals surface area contributed by atoms with Crippen molar-refractivity contribution in [3.05, 3.63) is 29.0 Å². The van der Waals surface area contributed by atoms with Gasteiger partial charge in [-0.1, -0.05) is 0 Å². The van der Waals surface area contributed by atoms with E-state index in [1.54, 1.807) is 18.2 Å². The van der Waals surface area contributed by atoms with Crippen molar-refractivity contribution in [1.82, 2.24) is 4.57 Å². The van der Waals surface area contributed by atoms with Crippen LogP contribution >= 0.6 is 0 Å². The molecule has 0 saturated heterocycles. The normalized spacial score (nSPS) is 17.1. The molecule has 0 radical (unpaired) electrons. The molecule has 20 heavy (non-hydrogen) atoms. The van der Waals surface area contributed by atoms with Gasteiger partial charge in [0.2, 0.25) is 5.91 Å². The number of hydrogen-bond donors (Lipinski definition) is 1. The van der Waals surface area contributed by atoms with Crippen molar-refractivity contribution >= 4 is 22.5 Å². The maximum Gasteiger partial charge on any atom is 0.221 e. The van der Waals surface area contributed by atoms with E-state index in [9.17, 15) is 4.79 Å². The van der Waals surface area contributed by atoms with Crippen molar-refractivity contribution in [2.75, 3.05) is 5.32 Å². The Morgan fingerprint density at radius 3 is 2.85 bits per heavy atom. The highest BCUT2D eigenvalue weighted by Crippen LogP contribution is 2.38. The van der Waals surface area contributed by atoms with Crippen LogP contribution in [0.2, 0.25) is 0 Å². The Hall–Kier alpha value is -1.77. The second-order valence-electron chi connectivity index (χ2n) is 6.10. The number of aryl methyl sites for hydroxylation is 3. The van der Waals surface area contributed by atoms with Gasteiger partial charge in [-0.2, -0.15) is 0 Å². The summed E-state index contributed by atoms with van der Waals surface area (Å²) in [6.07, 6.45) is 7.38. The minimum Gasteiger partial charge on any atom is -0.344 e. The Morgan fingerprint density at radius 1 is 1.15 bits per heavy atom. The standard InChI is InChI=1S/C17H20N2O/c1-11(20)18-13-9-12-5-4-8-19-16-7-3-2-6-14(16)15(10-13)17(12)19/h9-10H,2-8H2,1H3,(H,18,20). The first-order chi connectivity index (χ1) is 9.74. The average molecular weight is 268 g/mol. The van der Waals surface area contributed by atoms with Crippen LogP contribution in [0.1, 0.15) is 43.0 Å². The van der Waals surface area contributed by atoms with Crippen LogP contribution in [0.25, 0.3) is 10.9 Å². The van der Waals surface area contributed by atoms with E-state index in [4.69, 9.17) is 0 Å². The third-order valence-electron chi connectivity index (χ3n) is 4.70. The Morgan fingerprint density at radius 2 is 2.00 bits per heavy atom. The number of fused-ring (bicyclic) bond motifs is 3. The van der Waals surface area contributed by atoms with E-state index in [-0.39, 0.29) is 5.91 Å². The minimum atomic E-state index is 0.0145. The summed E-state index contributed by atoms with van der Waals surface area (Å²) in [4.78, 5) is 11.3. The molecule has 2 heterocycles. The number of benzene rings is 1. The second-order valence-corrected chi connectivity index (χ2v) is 6.10. The molecule has 4 rings (SSSR count). The summed E-state index contributed by atoms with van der Waals surface area (Å²) in [6, 6.07) is 4.36. The molecule has 1 aliphatic heterocycles. The molecule has 0 saturated carbocycles. The first kappa shape index (κ1) is 12.0. The molecule has 0 unspecified atom stereocenters. The van der Waals surface area contributed by atoms with Gasteiger partial charge in [0.25, 0.3) is 0 Å². The zero-order valence-corrected chi connectivity index (χ0v) is 12.0. The average Bonchev–Trinajstić information content (AvgIpc) is 2.75. The number of rotatable bonds is 1. The highest BCUT2D eigenvalue weighted by atomic mass is 16.1. The molecule has 3 heteroatoms. The fourth-order valence-corrected chi connectivity index (χ4v) is 4.00. The number of amides is 1. The van der Waals surface area contributed by atoms with Crippen LogP contribution in [0.3, 0.4) is 0 Å². The maximum atomic E-state index is 11.3. The van der Waals surface area contributed by atoms with E-state index < -0.39 is 0 Å². The van der Waals surface area contributed by atoms with Crippen LogP contribution < -0.4 is 5.32 Å². The molecule has 1 aromatic heterocycles. The molecule has 0 atom stereocenters. The van der Waals surface area contributed by atoms with Crippen LogP contribution in [-0.2, 0) is 30.6 Å². The number of nitrogens with zero attached hydrogens (tertiary/aromatic N) is 1. The zero-order chi connectivity index (χ0) is 13.7. The summed E-state index contributed by atoms with van der Waals surface area (Å²) in [5.74, 6) is 0.0145. The highest BCUT2D eigenvalue weighted by molar-refractivity contribution is 5.96. The van der Waals surface area contributed by atoms with Gasteiger partial charge in [0.05, 0.1) is 5.52 Å². The number of aromatic nitrogens is 1. The van der Waals surface area contributed by atoms with E-state index in [0.717, 1.165) is 18.7 Å². The van der Waals surface area contributed by atoms with Gasteiger partial charge in [0.1, 0.15) is 0 Å². The van der Waals surface area contributed by atoms with Gasteiger partial charge in [-0.25, -0.2) is 0 Å². The Labute approximate surface area is 119 Å². The Balaban J connectivity index is 2.00. The molecular formula is C17H20N2O. The third-order valence-corrected chi connectivity index (χ3v) is 4.70. The number of nitrogens with one attached hydrogen (secondary N) is 1. The molecule has 1 aliphatic carbocycles. The molecule has 3 nitrogen and oxygen atoms in total. The predicted molar refractivity (Wildman–Crippen MR) is 81.2 cm³/mol. The topological polar surface area (TPSA) is 34.0 Å². The monoisotopic (exact) mass is 268 g/mol. The molecular weight excluding hydrogens is 248 g/mol. The van der Waals surface area contributed by atoms with Gasteiger partial charge in [-0.15, -0.1) is 0 Å². The fraction of sp³-hybridized carbons (Fsp3) is 0.471. The van der Waals surface area contributed by atoms with Crippen LogP contribution in [0, 0.1) is 0 Å². The van der Waals surface area contributed by atoms with E-state index in [1.807, 2.05) is 0 Å². The summed E-state index contributed by atoms with van der Waals surface area (Å²) < 4.78 is 2.56. The first-order valence-electron chi connectivity index (χ1n) is 7.68. The van der Waals surface area contributed by atoms with Crippen molar-refractivity contribution in [3.8, 4) is 0 Å². The zero-order valence-electron chi connectivity index (χ0n) is 12.0. The molecule has 0 spiro atoms. The van der Waals surface area contributed by atoms with Crippen molar-refractivity contribution in [2.45, 2.75) is 52.0 Å². The number of anilines is 1. The van der Waals surface area contributed by atoms with Gasteiger partial charge in [-0.3, -0.25) is 4.79 Å². The third kappa shape index (κ3) is 1.69. The lowest BCUT2D eigenvalue weighted by atomic mass is 9.94. The van der Waals surface area contributed by atoms with Crippen LogP contribution in [0.5, 0.6) is 0 Å². The molecule has 0 fully saturated rings. The number of carbonyl (C=O) groups excluding carboxylic acids is 1. The minimum absolute atomic E-state index is 0.0145. The summed E-state index contributed by atoms with van der Waals surface area (Å²) in [5.41, 5.74) is 6.92. The van der Waals surface area contributed by atoms with Gasteiger partial charge >= 0.3 is 0 Å². The summed E-state index contributed by atoms with van der Waals surface area (Å²) in [7, 11) is 0. The van der Waals surface area contributed by atoms with Crippen LogP contribution in [-0.4, -0.2) is 10.5 Å². The van der Waals surface area contributed by atoms with Gasteiger partial charge in [0, 0.05) is 30.2 Å². The van der Waals surface area contributed by atoms with Crippen molar-refractivity contribution in [2.24, 2.45) is 0 Å². The van der Waals surface area contributed by atoms with E-state index in [0.29, 0.717) is 0 Å². The molecule has 2 aliphatic rings. The first-order valence-corrected chi connectivity index (χ1v) is 7.68. The SMILES string of the molecule is CC(=O)Nc1cc2c3c(c1)c1c(n3CCC2)CCCC1. The smallest absolute Gasteiger partial charge is 0.221 e. The van der Waals surface area contributed by atoms with Gasteiger partial charge < -0.3 is 9.88 Å². The van der Waals surface area contributed by atoms with Crippen molar-refractivity contribution in [1.29, 1.82) is 0 Å². The lowest BCUT2D eigenvalue weighted by molar-refractivity contribution is -0.114. The van der Waals surface area contributed by atoms with Gasteiger partial charge in [-0.05, 0) is 61.8 Å². The molecule has 1 N–H and O–H groups in total. The van der Waals surface area contributed by atoms with Crippen LogP contribution in [0.4, 0.5) is 5.69 Å². The molecule has 1 aromatic carbocycles. The number of hydrogen-bond acceptors (Lipinski definition) is 1. The summed E-state index contributed by atoms with van der Waals surface area (Å²) in [5, 5.41) is 4.35. The largest absolute Gasteiger partial charge is 0.344 e. The fourth-order valence-electron chi connectivity index (χ4n) is 4.00. The second kappa shape index (κ2) is 4.37. The molecule has 1 amide bonds. The predicted octanol–water partition coefficient (Wildman–Crippen LogP) is 3.42. The molecule has 0 bridgehead atoms. The Bertz CT molecular complexity index is 712.